The molecular formula is C21H27BrN4O3. The fourth-order valence-electron chi connectivity index (χ4n) is 4.05. The van der Waals surface area contributed by atoms with E-state index in [-0.39, 0.29) is 36.1 Å². The Hall–Kier alpha value is -1.93. The standard InChI is InChI=1S/C21H27BrN4O3/c1-14(20(28)23-17-4-5-17)24-8-10-25(11-9-24)21(29)15-12-19(27)26(13-15)18-6-2-16(22)3-7-18/h2-3,6-7,14-15,17H,4-5,8-13H2,1H3,(H,23,28). The highest BCUT2D eigenvalue weighted by Gasteiger charge is 2.38. The number of nitrogens with one attached hydrogen (secondary N) is 1. The second kappa shape index (κ2) is 8.44. The van der Waals surface area contributed by atoms with Crippen molar-refractivity contribution >= 4 is 39.3 Å². The van der Waals surface area contributed by atoms with Crippen LogP contribution in [0.2, 0.25) is 0 Å². The molecule has 156 valence electrons. The lowest BCUT2D eigenvalue weighted by molar-refractivity contribution is -0.138. The Morgan fingerprint density at radius 3 is 2.38 bits per heavy atom. The predicted molar refractivity (Wildman–Crippen MR) is 113 cm³/mol. The Balaban J connectivity index is 1.30. The van der Waals surface area contributed by atoms with Gasteiger partial charge in [-0.05, 0) is 44.0 Å². The molecule has 1 aliphatic carbocycles. The van der Waals surface area contributed by atoms with Gasteiger partial charge in [-0.3, -0.25) is 19.3 Å². The molecule has 1 aromatic carbocycles. The van der Waals surface area contributed by atoms with Crippen molar-refractivity contribution in [2.75, 3.05) is 37.6 Å². The lowest BCUT2D eigenvalue weighted by Gasteiger charge is -2.38. The molecule has 2 saturated heterocycles. The van der Waals surface area contributed by atoms with E-state index >= 15 is 0 Å². The van der Waals surface area contributed by atoms with E-state index in [2.05, 4.69) is 26.1 Å². The van der Waals surface area contributed by atoms with Gasteiger partial charge in [-0.2, -0.15) is 0 Å². The third-order valence-corrected chi connectivity index (χ3v) is 6.62. The minimum atomic E-state index is -0.298. The lowest BCUT2D eigenvalue weighted by Crippen LogP contribution is -2.56. The Morgan fingerprint density at radius 1 is 1.10 bits per heavy atom. The molecule has 0 aromatic heterocycles. The first-order valence-electron chi connectivity index (χ1n) is 10.3. The number of carbonyl (C=O) groups is 3. The molecule has 2 unspecified atom stereocenters. The van der Waals surface area contributed by atoms with Crippen LogP contribution in [-0.4, -0.2) is 72.3 Å². The number of amides is 3. The summed E-state index contributed by atoms with van der Waals surface area (Å²) in [5, 5.41) is 3.05. The molecule has 1 saturated carbocycles. The first-order chi connectivity index (χ1) is 13.9. The molecule has 3 fully saturated rings. The summed E-state index contributed by atoms with van der Waals surface area (Å²) in [6.07, 6.45) is 2.42. The minimum Gasteiger partial charge on any atom is -0.352 e. The van der Waals surface area contributed by atoms with Gasteiger partial charge in [0.2, 0.25) is 17.7 Å². The van der Waals surface area contributed by atoms with Crippen molar-refractivity contribution < 1.29 is 14.4 Å². The van der Waals surface area contributed by atoms with Gasteiger partial charge in [0.05, 0.1) is 12.0 Å². The van der Waals surface area contributed by atoms with Gasteiger partial charge in [-0.1, -0.05) is 15.9 Å². The number of hydrogen-bond acceptors (Lipinski definition) is 4. The van der Waals surface area contributed by atoms with Gasteiger partial charge in [0, 0.05) is 55.3 Å². The van der Waals surface area contributed by atoms with E-state index < -0.39 is 0 Å². The molecule has 2 aliphatic heterocycles. The van der Waals surface area contributed by atoms with Gasteiger partial charge in [-0.15, -0.1) is 0 Å². The zero-order valence-electron chi connectivity index (χ0n) is 16.6. The maximum atomic E-state index is 13.0. The molecule has 3 amide bonds. The number of anilines is 1. The SMILES string of the molecule is CC(C(=O)NC1CC1)N1CCN(C(=O)C2CC(=O)N(c3ccc(Br)cc3)C2)CC1. The molecule has 0 radical (unpaired) electrons. The van der Waals surface area contributed by atoms with Crippen LogP contribution in [0.1, 0.15) is 26.2 Å². The number of benzene rings is 1. The van der Waals surface area contributed by atoms with Crippen molar-refractivity contribution in [2.45, 2.75) is 38.3 Å². The van der Waals surface area contributed by atoms with Crippen LogP contribution < -0.4 is 10.2 Å². The molecule has 7 nitrogen and oxygen atoms in total. The molecular weight excluding hydrogens is 436 g/mol. The summed E-state index contributed by atoms with van der Waals surface area (Å²) in [6, 6.07) is 7.77. The van der Waals surface area contributed by atoms with Crippen LogP contribution in [-0.2, 0) is 14.4 Å². The summed E-state index contributed by atoms with van der Waals surface area (Å²) in [6.45, 7) is 4.93. The van der Waals surface area contributed by atoms with Crippen LogP contribution in [0, 0.1) is 5.92 Å². The Labute approximate surface area is 179 Å². The summed E-state index contributed by atoms with van der Waals surface area (Å²) in [7, 11) is 0. The number of rotatable bonds is 5. The fourth-order valence-corrected chi connectivity index (χ4v) is 4.31. The average molecular weight is 463 g/mol. The maximum absolute atomic E-state index is 13.0. The molecule has 1 aromatic rings. The molecule has 0 bridgehead atoms. The van der Waals surface area contributed by atoms with Gasteiger partial charge in [0.1, 0.15) is 0 Å². The van der Waals surface area contributed by atoms with Gasteiger partial charge >= 0.3 is 0 Å². The highest BCUT2D eigenvalue weighted by Crippen LogP contribution is 2.28. The van der Waals surface area contributed by atoms with Crippen molar-refractivity contribution in [3.05, 3.63) is 28.7 Å². The second-order valence-corrected chi connectivity index (χ2v) is 9.12. The smallest absolute Gasteiger partial charge is 0.237 e. The topological polar surface area (TPSA) is 73.0 Å². The molecule has 2 atom stereocenters. The van der Waals surface area contributed by atoms with Crippen molar-refractivity contribution in [1.82, 2.24) is 15.1 Å². The van der Waals surface area contributed by atoms with E-state index in [1.807, 2.05) is 36.1 Å². The maximum Gasteiger partial charge on any atom is 0.237 e. The number of piperazine rings is 1. The van der Waals surface area contributed by atoms with Crippen LogP contribution in [0.4, 0.5) is 5.69 Å². The van der Waals surface area contributed by atoms with Crippen LogP contribution in [0.15, 0.2) is 28.7 Å². The monoisotopic (exact) mass is 462 g/mol. The van der Waals surface area contributed by atoms with E-state index in [1.165, 1.54) is 0 Å². The van der Waals surface area contributed by atoms with Crippen molar-refractivity contribution in [3.8, 4) is 0 Å². The fraction of sp³-hybridized carbons (Fsp3) is 0.571. The largest absolute Gasteiger partial charge is 0.352 e. The quantitative estimate of drug-likeness (QED) is 0.721. The van der Waals surface area contributed by atoms with E-state index in [4.69, 9.17) is 0 Å². The Morgan fingerprint density at radius 2 is 1.76 bits per heavy atom. The number of carbonyl (C=O) groups excluding carboxylic acids is 3. The van der Waals surface area contributed by atoms with Crippen molar-refractivity contribution in [3.63, 3.8) is 0 Å². The van der Waals surface area contributed by atoms with Crippen LogP contribution in [0.25, 0.3) is 0 Å². The van der Waals surface area contributed by atoms with Crippen LogP contribution in [0.3, 0.4) is 0 Å². The van der Waals surface area contributed by atoms with E-state index in [0.717, 1.165) is 23.0 Å². The third kappa shape index (κ3) is 4.64. The summed E-state index contributed by atoms with van der Waals surface area (Å²) in [5.41, 5.74) is 0.828. The van der Waals surface area contributed by atoms with Crippen LogP contribution >= 0.6 is 15.9 Å². The van der Waals surface area contributed by atoms with Crippen LogP contribution in [0.5, 0.6) is 0 Å². The lowest BCUT2D eigenvalue weighted by atomic mass is 10.1. The Bertz CT molecular complexity index is 788. The Kier molecular flexibility index (Phi) is 5.92. The zero-order valence-corrected chi connectivity index (χ0v) is 18.2. The first kappa shape index (κ1) is 20.3. The summed E-state index contributed by atoms with van der Waals surface area (Å²) >= 11 is 3.40. The van der Waals surface area contributed by atoms with Crippen molar-refractivity contribution in [1.29, 1.82) is 0 Å². The first-order valence-corrected chi connectivity index (χ1v) is 11.1. The molecule has 0 spiro atoms. The van der Waals surface area contributed by atoms with Gasteiger partial charge in [0.25, 0.3) is 0 Å². The van der Waals surface area contributed by atoms with Gasteiger partial charge in [0.15, 0.2) is 0 Å². The summed E-state index contributed by atoms with van der Waals surface area (Å²) in [4.78, 5) is 43.4. The van der Waals surface area contributed by atoms with E-state index in [0.29, 0.717) is 38.8 Å². The number of nitrogens with zero attached hydrogens (tertiary/aromatic N) is 3. The molecule has 2 heterocycles. The minimum absolute atomic E-state index is 0.00493. The summed E-state index contributed by atoms with van der Waals surface area (Å²) in [5.74, 6) is -0.172. The average Bonchev–Trinajstić information content (AvgIpc) is 3.46. The molecule has 1 N–H and O–H groups in total. The zero-order chi connectivity index (χ0) is 20.5. The highest BCUT2D eigenvalue weighted by molar-refractivity contribution is 9.10. The van der Waals surface area contributed by atoms with Crippen molar-refractivity contribution in [2.24, 2.45) is 5.92 Å². The predicted octanol–water partition coefficient (Wildman–Crippen LogP) is 1.61. The summed E-state index contributed by atoms with van der Waals surface area (Å²) < 4.78 is 0.957. The second-order valence-electron chi connectivity index (χ2n) is 8.20. The van der Waals surface area contributed by atoms with E-state index in [1.54, 1.807) is 4.90 Å². The van der Waals surface area contributed by atoms with E-state index in [9.17, 15) is 14.4 Å². The molecule has 3 aliphatic rings. The van der Waals surface area contributed by atoms with Gasteiger partial charge in [-0.25, -0.2) is 0 Å². The van der Waals surface area contributed by atoms with Gasteiger partial charge < -0.3 is 15.1 Å². The number of halogens is 1. The third-order valence-electron chi connectivity index (χ3n) is 6.09. The molecule has 29 heavy (non-hydrogen) atoms. The molecule has 4 rings (SSSR count). The highest BCUT2D eigenvalue weighted by atomic mass is 79.9. The number of hydrogen-bond donors (Lipinski definition) is 1. The normalized spacial score (nSPS) is 23.9. The molecule has 8 heteroatoms.